The van der Waals surface area contributed by atoms with E-state index < -0.39 is 17.8 Å². The lowest BCUT2D eigenvalue weighted by Crippen LogP contribution is -2.47. The zero-order chi connectivity index (χ0) is 20.6. The van der Waals surface area contributed by atoms with Crippen LogP contribution in [0.5, 0.6) is 5.75 Å². The summed E-state index contributed by atoms with van der Waals surface area (Å²) in [6.07, 6.45) is 3.21. The third-order valence-corrected chi connectivity index (χ3v) is 4.13. The molecular weight excluding hydrogens is 375 g/mol. The molecule has 0 spiro atoms. The normalized spacial score (nSPS) is 11.5. The number of ether oxygens (including phenoxy) is 1. The van der Waals surface area contributed by atoms with E-state index in [0.29, 0.717) is 6.42 Å². The van der Waals surface area contributed by atoms with E-state index in [1.807, 2.05) is 36.5 Å². The maximum atomic E-state index is 13.6. The van der Waals surface area contributed by atoms with E-state index in [1.54, 1.807) is 16.9 Å². The van der Waals surface area contributed by atoms with Crippen molar-refractivity contribution >= 4 is 11.8 Å². The molecule has 8 heteroatoms. The highest BCUT2D eigenvalue weighted by atomic mass is 19.1. The SMILES string of the molecule is CC(Oc1ccccc1F)C(=O)NNC(=O)CCc1cnn(-c2ccccc2)c1. The Morgan fingerprint density at radius 2 is 1.83 bits per heavy atom. The predicted molar refractivity (Wildman–Crippen MR) is 105 cm³/mol. The number of aryl methyl sites for hydroxylation is 1. The van der Waals surface area contributed by atoms with Crippen LogP contribution >= 0.6 is 0 Å². The smallest absolute Gasteiger partial charge is 0.279 e. The number of amides is 2. The highest BCUT2D eigenvalue weighted by Crippen LogP contribution is 2.16. The Hall–Kier alpha value is -3.68. The van der Waals surface area contributed by atoms with Gasteiger partial charge in [-0.3, -0.25) is 20.4 Å². The lowest BCUT2D eigenvalue weighted by Gasteiger charge is -2.15. The minimum absolute atomic E-state index is 0.0306. The van der Waals surface area contributed by atoms with Gasteiger partial charge in [0, 0.05) is 12.6 Å². The quantitative estimate of drug-likeness (QED) is 0.601. The molecule has 0 radical (unpaired) electrons. The molecule has 0 saturated heterocycles. The van der Waals surface area contributed by atoms with Crippen molar-refractivity contribution < 1.29 is 18.7 Å². The minimum Gasteiger partial charge on any atom is -0.478 e. The maximum absolute atomic E-state index is 13.6. The van der Waals surface area contributed by atoms with Crippen molar-refractivity contribution in [2.45, 2.75) is 25.9 Å². The van der Waals surface area contributed by atoms with E-state index in [9.17, 15) is 14.0 Å². The second kappa shape index (κ2) is 9.50. The molecule has 0 aliphatic carbocycles. The Morgan fingerprint density at radius 3 is 2.59 bits per heavy atom. The summed E-state index contributed by atoms with van der Waals surface area (Å²) in [5.41, 5.74) is 6.44. The van der Waals surface area contributed by atoms with Crippen LogP contribution in [0.2, 0.25) is 0 Å². The number of benzene rings is 2. The molecule has 0 aliphatic heterocycles. The zero-order valence-corrected chi connectivity index (χ0v) is 15.8. The average Bonchev–Trinajstić information content (AvgIpc) is 3.22. The molecule has 0 bridgehead atoms. The van der Waals surface area contributed by atoms with Crippen molar-refractivity contribution in [1.29, 1.82) is 0 Å². The molecule has 3 aromatic rings. The number of hydrogen-bond acceptors (Lipinski definition) is 4. The lowest BCUT2D eigenvalue weighted by atomic mass is 10.2. The number of hydrazine groups is 1. The molecule has 29 heavy (non-hydrogen) atoms. The van der Waals surface area contributed by atoms with Gasteiger partial charge in [0.05, 0.1) is 11.9 Å². The summed E-state index contributed by atoms with van der Waals surface area (Å²) in [7, 11) is 0. The molecule has 2 N–H and O–H groups in total. The number of aromatic nitrogens is 2. The number of halogens is 1. The van der Waals surface area contributed by atoms with Gasteiger partial charge in [0.25, 0.3) is 5.91 Å². The fourth-order valence-electron chi connectivity index (χ4n) is 2.55. The van der Waals surface area contributed by atoms with Gasteiger partial charge in [-0.25, -0.2) is 9.07 Å². The molecule has 0 fully saturated rings. The van der Waals surface area contributed by atoms with Crippen LogP contribution in [0.1, 0.15) is 18.9 Å². The van der Waals surface area contributed by atoms with Crippen LogP contribution < -0.4 is 15.6 Å². The predicted octanol–water partition coefficient (Wildman–Crippen LogP) is 2.56. The van der Waals surface area contributed by atoms with Crippen LogP contribution in [-0.4, -0.2) is 27.7 Å². The Labute approximate surface area is 167 Å². The van der Waals surface area contributed by atoms with Gasteiger partial charge in [-0.15, -0.1) is 0 Å². The second-order valence-corrected chi connectivity index (χ2v) is 6.36. The number of carbonyl (C=O) groups excluding carboxylic acids is 2. The fraction of sp³-hybridized carbons (Fsp3) is 0.190. The summed E-state index contributed by atoms with van der Waals surface area (Å²) in [5, 5.41) is 4.28. The maximum Gasteiger partial charge on any atom is 0.279 e. The van der Waals surface area contributed by atoms with Crippen LogP contribution in [0.15, 0.2) is 67.0 Å². The zero-order valence-electron chi connectivity index (χ0n) is 15.8. The number of nitrogens with zero attached hydrogens (tertiary/aromatic N) is 2. The Balaban J connectivity index is 1.42. The Bertz CT molecular complexity index is 975. The first kappa shape index (κ1) is 20.1. The van der Waals surface area contributed by atoms with Crippen molar-refractivity contribution in [2.24, 2.45) is 0 Å². The molecule has 1 unspecified atom stereocenters. The standard InChI is InChI=1S/C21H21FN4O3/c1-15(29-19-10-6-5-9-18(19)22)21(28)25-24-20(27)12-11-16-13-23-26(14-16)17-7-3-2-4-8-17/h2-10,13-15H,11-12H2,1H3,(H,24,27)(H,25,28). The molecule has 7 nitrogen and oxygen atoms in total. The number of carbonyl (C=O) groups is 2. The van der Waals surface area contributed by atoms with Gasteiger partial charge in [0.15, 0.2) is 17.7 Å². The molecule has 1 heterocycles. The number of hydrogen-bond donors (Lipinski definition) is 2. The van der Waals surface area contributed by atoms with Crippen molar-refractivity contribution in [3.8, 4) is 11.4 Å². The summed E-state index contributed by atoms with van der Waals surface area (Å²) in [6, 6.07) is 15.4. The first-order valence-corrected chi connectivity index (χ1v) is 9.12. The first-order valence-electron chi connectivity index (χ1n) is 9.12. The molecule has 0 aliphatic rings. The van der Waals surface area contributed by atoms with Gasteiger partial charge >= 0.3 is 0 Å². The largest absolute Gasteiger partial charge is 0.478 e. The highest BCUT2D eigenvalue weighted by Gasteiger charge is 2.17. The minimum atomic E-state index is -0.976. The summed E-state index contributed by atoms with van der Waals surface area (Å²) in [5.74, 6) is -1.54. The summed E-state index contributed by atoms with van der Waals surface area (Å²) in [6.45, 7) is 1.46. The molecule has 3 rings (SSSR count). The van der Waals surface area contributed by atoms with E-state index in [-0.39, 0.29) is 18.1 Å². The first-order chi connectivity index (χ1) is 14.0. The average molecular weight is 396 g/mol. The number of nitrogens with one attached hydrogen (secondary N) is 2. The van der Waals surface area contributed by atoms with Gasteiger partial charge in [-0.1, -0.05) is 30.3 Å². The molecule has 1 aromatic heterocycles. The van der Waals surface area contributed by atoms with Crippen LogP contribution in [0.4, 0.5) is 4.39 Å². The monoisotopic (exact) mass is 396 g/mol. The third kappa shape index (κ3) is 5.65. The fourth-order valence-corrected chi connectivity index (χ4v) is 2.55. The van der Waals surface area contributed by atoms with Crippen LogP contribution in [0.3, 0.4) is 0 Å². The van der Waals surface area contributed by atoms with E-state index >= 15 is 0 Å². The van der Waals surface area contributed by atoms with E-state index in [1.165, 1.54) is 25.1 Å². The van der Waals surface area contributed by atoms with E-state index in [0.717, 1.165) is 11.3 Å². The van der Waals surface area contributed by atoms with Gasteiger partial charge in [-0.05, 0) is 43.2 Å². The summed E-state index contributed by atoms with van der Waals surface area (Å²) < 4.78 is 20.6. The molecule has 1 atom stereocenters. The second-order valence-electron chi connectivity index (χ2n) is 6.36. The van der Waals surface area contributed by atoms with Gasteiger partial charge < -0.3 is 4.74 Å². The Morgan fingerprint density at radius 1 is 1.10 bits per heavy atom. The van der Waals surface area contributed by atoms with Crippen LogP contribution in [-0.2, 0) is 16.0 Å². The van der Waals surface area contributed by atoms with Crippen molar-refractivity contribution in [2.75, 3.05) is 0 Å². The van der Waals surface area contributed by atoms with E-state index in [4.69, 9.17) is 4.74 Å². The molecule has 150 valence electrons. The summed E-state index contributed by atoms with van der Waals surface area (Å²) in [4.78, 5) is 24.0. The van der Waals surface area contributed by atoms with Crippen molar-refractivity contribution in [3.05, 3.63) is 78.4 Å². The number of para-hydroxylation sites is 2. The lowest BCUT2D eigenvalue weighted by molar-refractivity contribution is -0.132. The molecular formula is C21H21FN4O3. The van der Waals surface area contributed by atoms with Gasteiger partial charge in [0.1, 0.15) is 0 Å². The summed E-state index contributed by atoms with van der Waals surface area (Å²) >= 11 is 0. The molecule has 2 amide bonds. The molecule has 0 saturated carbocycles. The van der Waals surface area contributed by atoms with Crippen molar-refractivity contribution in [1.82, 2.24) is 20.6 Å². The van der Waals surface area contributed by atoms with Crippen LogP contribution in [0.25, 0.3) is 5.69 Å². The van der Waals surface area contributed by atoms with Crippen molar-refractivity contribution in [3.63, 3.8) is 0 Å². The van der Waals surface area contributed by atoms with E-state index in [2.05, 4.69) is 16.0 Å². The Kier molecular flexibility index (Phi) is 6.57. The third-order valence-electron chi connectivity index (χ3n) is 4.13. The highest BCUT2D eigenvalue weighted by molar-refractivity contribution is 5.84. The van der Waals surface area contributed by atoms with Gasteiger partial charge in [-0.2, -0.15) is 5.10 Å². The number of rotatable bonds is 7. The van der Waals surface area contributed by atoms with Gasteiger partial charge in [0.2, 0.25) is 5.91 Å². The van der Waals surface area contributed by atoms with Crippen LogP contribution in [0, 0.1) is 5.82 Å². The topological polar surface area (TPSA) is 85.2 Å². The molecule has 2 aromatic carbocycles.